The highest BCUT2D eigenvalue weighted by molar-refractivity contribution is 5.94. The van der Waals surface area contributed by atoms with E-state index in [0.29, 0.717) is 11.7 Å². The van der Waals surface area contributed by atoms with Crippen molar-refractivity contribution < 1.29 is 4.74 Å². The smallest absolute Gasteiger partial charge is 0.162 e. The quantitative estimate of drug-likeness (QED) is 0.451. The van der Waals surface area contributed by atoms with Gasteiger partial charge in [-0.25, -0.2) is 15.0 Å². The van der Waals surface area contributed by atoms with Gasteiger partial charge < -0.3 is 20.3 Å². The molecule has 4 heterocycles. The average molecular weight is 454 g/mol. The van der Waals surface area contributed by atoms with Crippen LogP contribution in [-0.2, 0) is 0 Å². The molecule has 1 saturated carbocycles. The molecule has 2 N–H and O–H groups in total. The lowest BCUT2D eigenvalue weighted by molar-refractivity contribution is 0.415. The highest BCUT2D eigenvalue weighted by Gasteiger charge is 2.29. The fourth-order valence-corrected chi connectivity index (χ4v) is 4.51. The first-order valence-electron chi connectivity index (χ1n) is 11.8. The minimum Gasteiger partial charge on any atom is -0.497 e. The lowest BCUT2D eigenvalue weighted by Crippen LogP contribution is -2.44. The second-order valence-corrected chi connectivity index (χ2v) is 8.79. The third kappa shape index (κ3) is 4.12. The van der Waals surface area contributed by atoms with Gasteiger partial charge in [-0.05, 0) is 48.6 Å². The maximum atomic E-state index is 5.33. The van der Waals surface area contributed by atoms with Crippen LogP contribution < -0.4 is 20.3 Å². The van der Waals surface area contributed by atoms with Crippen molar-refractivity contribution in [2.24, 2.45) is 0 Å². The molecule has 0 unspecified atom stereocenters. The van der Waals surface area contributed by atoms with Gasteiger partial charge in [0.1, 0.15) is 17.4 Å². The number of hydrogen-bond donors (Lipinski definition) is 2. The molecule has 0 amide bonds. The molecule has 1 aliphatic heterocycles. The number of ether oxygens (including phenoxy) is 1. The number of nitrogens with zero attached hydrogens (tertiary/aromatic N) is 5. The summed E-state index contributed by atoms with van der Waals surface area (Å²) in [6, 6.07) is 11.7. The maximum absolute atomic E-state index is 5.33. The molecule has 8 heteroatoms. The van der Waals surface area contributed by atoms with Crippen LogP contribution >= 0.6 is 0 Å². The molecule has 0 radical (unpaired) electrons. The minimum atomic E-state index is 0.576. The molecular weight excluding hydrogens is 426 g/mol. The molecule has 6 rings (SSSR count). The molecule has 2 aliphatic rings. The Hall–Kier alpha value is -3.78. The molecule has 172 valence electrons. The van der Waals surface area contributed by atoms with Crippen LogP contribution in [0, 0.1) is 0 Å². The zero-order chi connectivity index (χ0) is 22.9. The van der Waals surface area contributed by atoms with Crippen molar-refractivity contribution in [1.29, 1.82) is 0 Å². The number of nitrogens with one attached hydrogen (secondary N) is 2. The van der Waals surface area contributed by atoms with Crippen molar-refractivity contribution in [3.63, 3.8) is 0 Å². The fraction of sp³-hybridized carbons (Fsp3) is 0.308. The van der Waals surface area contributed by atoms with Gasteiger partial charge in [0.15, 0.2) is 5.82 Å². The third-order valence-corrected chi connectivity index (χ3v) is 6.41. The van der Waals surface area contributed by atoms with E-state index in [1.807, 2.05) is 48.8 Å². The van der Waals surface area contributed by atoms with Gasteiger partial charge in [0.25, 0.3) is 0 Å². The maximum Gasteiger partial charge on any atom is 0.162 e. The predicted molar refractivity (Wildman–Crippen MR) is 134 cm³/mol. The molecule has 2 fully saturated rings. The van der Waals surface area contributed by atoms with Crippen LogP contribution in [0.2, 0.25) is 0 Å². The lowest BCUT2D eigenvalue weighted by Gasteiger charge is -2.30. The van der Waals surface area contributed by atoms with Crippen molar-refractivity contribution in [3.8, 4) is 17.1 Å². The van der Waals surface area contributed by atoms with E-state index in [-0.39, 0.29) is 0 Å². The Labute approximate surface area is 198 Å². The molecule has 0 atom stereocenters. The molecule has 1 saturated heterocycles. The van der Waals surface area contributed by atoms with Gasteiger partial charge in [-0.15, -0.1) is 0 Å². The summed E-state index contributed by atoms with van der Waals surface area (Å²) in [5, 5.41) is 7.96. The normalized spacial score (nSPS) is 16.0. The standard InChI is InChI=1S/C26H27N7O/c1-34-20-4-2-3-19(14-20)30-23-13-18(7-8-29-23)25-31-22-16-28-15-21(17-5-6-17)24(22)26(32-25)33-11-9-27-10-12-33/h2-4,7-8,13-17,27H,5-6,9-12H2,1H3,(H,29,30). The average Bonchev–Trinajstić information content (AvgIpc) is 3.74. The molecule has 1 aliphatic carbocycles. The monoisotopic (exact) mass is 453 g/mol. The second-order valence-electron chi connectivity index (χ2n) is 8.79. The van der Waals surface area contributed by atoms with Crippen LogP contribution in [0.25, 0.3) is 22.3 Å². The van der Waals surface area contributed by atoms with Gasteiger partial charge >= 0.3 is 0 Å². The SMILES string of the molecule is COc1cccc(Nc2cc(-c3nc(N4CCNCC4)c4c(C5CC5)cncc4n3)ccn2)c1. The summed E-state index contributed by atoms with van der Waals surface area (Å²) in [6.07, 6.45) is 8.10. The number of benzene rings is 1. The largest absolute Gasteiger partial charge is 0.497 e. The van der Waals surface area contributed by atoms with Crippen LogP contribution in [0.3, 0.4) is 0 Å². The van der Waals surface area contributed by atoms with E-state index in [9.17, 15) is 0 Å². The number of anilines is 3. The van der Waals surface area contributed by atoms with Crippen LogP contribution in [0.15, 0.2) is 55.0 Å². The Morgan fingerprint density at radius 3 is 2.76 bits per heavy atom. The number of methoxy groups -OCH3 is 1. The Bertz CT molecular complexity index is 1330. The van der Waals surface area contributed by atoms with Gasteiger partial charge in [0, 0.05) is 61.3 Å². The first kappa shape index (κ1) is 20.8. The van der Waals surface area contributed by atoms with Gasteiger partial charge in [-0.1, -0.05) is 6.07 Å². The Balaban J connectivity index is 1.42. The molecule has 34 heavy (non-hydrogen) atoms. The number of fused-ring (bicyclic) bond motifs is 1. The summed E-state index contributed by atoms with van der Waals surface area (Å²) in [5.41, 5.74) is 4.01. The molecule has 0 spiro atoms. The molecule has 3 aromatic heterocycles. The van der Waals surface area contributed by atoms with Crippen molar-refractivity contribution >= 4 is 28.2 Å². The molecule has 0 bridgehead atoms. The first-order chi connectivity index (χ1) is 16.8. The van der Waals surface area contributed by atoms with E-state index in [2.05, 4.69) is 25.5 Å². The molecular formula is C26H27N7O. The zero-order valence-electron chi connectivity index (χ0n) is 19.2. The number of aromatic nitrogens is 4. The summed E-state index contributed by atoms with van der Waals surface area (Å²) in [7, 11) is 1.66. The molecule has 8 nitrogen and oxygen atoms in total. The van der Waals surface area contributed by atoms with E-state index in [1.54, 1.807) is 13.3 Å². The summed E-state index contributed by atoms with van der Waals surface area (Å²) < 4.78 is 5.33. The van der Waals surface area contributed by atoms with E-state index in [4.69, 9.17) is 14.7 Å². The number of hydrogen-bond acceptors (Lipinski definition) is 8. The van der Waals surface area contributed by atoms with Gasteiger partial charge in [-0.3, -0.25) is 4.98 Å². The predicted octanol–water partition coefficient (Wildman–Crippen LogP) is 4.13. The van der Waals surface area contributed by atoms with Gasteiger partial charge in [-0.2, -0.15) is 0 Å². The molecule has 4 aromatic rings. The van der Waals surface area contributed by atoms with Gasteiger partial charge in [0.05, 0.1) is 18.8 Å². The van der Waals surface area contributed by atoms with Crippen LogP contribution in [-0.4, -0.2) is 53.2 Å². The first-order valence-corrected chi connectivity index (χ1v) is 11.8. The van der Waals surface area contributed by atoms with E-state index >= 15 is 0 Å². The summed E-state index contributed by atoms with van der Waals surface area (Å²) in [4.78, 5) is 21.5. The van der Waals surface area contributed by atoms with Crippen LogP contribution in [0.4, 0.5) is 17.3 Å². The third-order valence-electron chi connectivity index (χ3n) is 6.41. The Kier molecular flexibility index (Phi) is 5.43. The summed E-state index contributed by atoms with van der Waals surface area (Å²) >= 11 is 0. The topological polar surface area (TPSA) is 88.1 Å². The fourth-order valence-electron chi connectivity index (χ4n) is 4.51. The van der Waals surface area contributed by atoms with Crippen molar-refractivity contribution in [3.05, 3.63) is 60.6 Å². The summed E-state index contributed by atoms with van der Waals surface area (Å²) in [6.45, 7) is 3.76. The Morgan fingerprint density at radius 2 is 1.94 bits per heavy atom. The number of rotatable bonds is 6. The lowest BCUT2D eigenvalue weighted by atomic mass is 10.1. The van der Waals surface area contributed by atoms with E-state index < -0.39 is 0 Å². The van der Waals surface area contributed by atoms with E-state index in [1.165, 1.54) is 18.4 Å². The van der Waals surface area contributed by atoms with Crippen molar-refractivity contribution in [2.45, 2.75) is 18.8 Å². The highest BCUT2D eigenvalue weighted by Crippen LogP contribution is 2.44. The second kappa shape index (κ2) is 8.87. The number of piperazine rings is 1. The van der Waals surface area contributed by atoms with Crippen molar-refractivity contribution in [2.75, 3.05) is 43.5 Å². The Morgan fingerprint density at radius 1 is 1.06 bits per heavy atom. The highest BCUT2D eigenvalue weighted by atomic mass is 16.5. The van der Waals surface area contributed by atoms with Crippen LogP contribution in [0.5, 0.6) is 5.75 Å². The van der Waals surface area contributed by atoms with Gasteiger partial charge in [0.2, 0.25) is 0 Å². The van der Waals surface area contributed by atoms with Crippen LogP contribution in [0.1, 0.15) is 24.3 Å². The van der Waals surface area contributed by atoms with E-state index in [0.717, 1.165) is 65.7 Å². The zero-order valence-corrected chi connectivity index (χ0v) is 19.2. The molecule has 1 aromatic carbocycles. The van der Waals surface area contributed by atoms with Crippen molar-refractivity contribution in [1.82, 2.24) is 25.3 Å². The number of pyridine rings is 2. The minimum absolute atomic E-state index is 0.576. The summed E-state index contributed by atoms with van der Waals surface area (Å²) in [5.74, 6) is 3.80.